The number of carbonyl (C=O) groups excluding carboxylic acids is 3. The van der Waals surface area contributed by atoms with Gasteiger partial charge >= 0.3 is 17.9 Å². The quantitative estimate of drug-likeness (QED) is 0.0423. The smallest absolute Gasteiger partial charge is 0.335 e. The van der Waals surface area contributed by atoms with E-state index in [0.717, 1.165) is 91.1 Å². The van der Waals surface area contributed by atoms with Gasteiger partial charge in [-0.15, -0.1) is 0 Å². The second-order valence-electron chi connectivity index (χ2n) is 24.8. The number of ether oxygens (including phenoxy) is 10. The molecule has 8 atom stereocenters. The first-order valence-electron chi connectivity index (χ1n) is 31.9. The number of carboxylic acid groups (broad SMARTS) is 1. The number of rotatable bonds is 21. The van der Waals surface area contributed by atoms with Crippen LogP contribution in [-0.4, -0.2) is 182 Å². The Labute approximate surface area is 550 Å². The molecular weight excluding hydrogens is 1210 g/mol. The molecule has 6 N–H and O–H groups in total. The van der Waals surface area contributed by atoms with Crippen LogP contribution in [0.25, 0.3) is 0 Å². The molecule has 0 radical (unpaired) electrons. The topological polar surface area (TPSA) is 272 Å². The van der Waals surface area contributed by atoms with E-state index < -0.39 is 29.8 Å². The first kappa shape index (κ1) is 67.9. The summed E-state index contributed by atoms with van der Waals surface area (Å²) in [6.07, 6.45) is 2.22. The van der Waals surface area contributed by atoms with Crippen molar-refractivity contribution in [2.45, 2.75) is 57.3 Å². The van der Waals surface area contributed by atoms with Crippen molar-refractivity contribution in [3.05, 3.63) is 153 Å². The molecule has 94 heavy (non-hydrogen) atoms. The summed E-state index contributed by atoms with van der Waals surface area (Å²) < 4.78 is 60.9. The molecule has 2 aliphatic carbocycles. The molecule has 6 aliphatic rings. The number of nitrogens with two attached hydrogens (primary N) is 1. The van der Waals surface area contributed by atoms with Crippen molar-refractivity contribution in [3.63, 3.8) is 0 Å². The second-order valence-corrected chi connectivity index (χ2v) is 24.8. The number of phenols is 2. The van der Waals surface area contributed by atoms with Gasteiger partial charge in [0.2, 0.25) is 25.1 Å². The van der Waals surface area contributed by atoms with Gasteiger partial charge in [0.1, 0.15) is 0 Å². The predicted octanol–water partition coefficient (Wildman–Crippen LogP) is 8.40. The summed E-state index contributed by atoms with van der Waals surface area (Å²) in [7, 11) is 19.6. The number of hydrogen-bond acceptors (Lipinski definition) is 21. The maximum absolute atomic E-state index is 13.8. The number of amides is 1. The molecular formula is C71H88N6O17. The van der Waals surface area contributed by atoms with Gasteiger partial charge in [0.05, 0.1) is 65.1 Å². The number of benzene rings is 6. The maximum Gasteiger partial charge on any atom is 0.335 e. The number of nitrogens with zero attached hydrogens (tertiary/aromatic N) is 4. The lowest BCUT2D eigenvalue weighted by Crippen LogP contribution is -2.42. The SMILES string of the molecule is CN(C)CCCN(C)Cc1ccc(C(=O)O)cc1.COc1cc([C@@H]2c3cc4c(cc3[C@@H](N)[C@H]3COC(=O)[C@H]23)OCO4)cc(OC)c1O.COc1cc([C@@H]2c3cc4c(cc3[C@@H](NC(=O)c3ccc(CN(C)CCCN(C)C)cc3)[C@H]3COC(=O)[C@H]23)OCO4)cc(OC)c1O.[2H]C. The van der Waals surface area contributed by atoms with Crippen LogP contribution in [0.3, 0.4) is 0 Å². The number of fused-ring (bicyclic) bond motifs is 6. The van der Waals surface area contributed by atoms with Crippen LogP contribution in [0.2, 0.25) is 0 Å². The first-order valence-corrected chi connectivity index (χ1v) is 30.9. The number of nitrogens with one attached hydrogen (secondary N) is 1. The Bertz CT molecular complexity index is 3640. The summed E-state index contributed by atoms with van der Waals surface area (Å²) in [5.41, 5.74) is 14.5. The average Bonchev–Trinajstić information content (AvgIpc) is 1.71. The molecule has 2 fully saturated rings. The second kappa shape index (κ2) is 30.4. The molecule has 23 nitrogen and oxygen atoms in total. The standard InChI is InChI=1S/C35H41N3O8.C21H21NO7.C14H22N2O2.CH4/c1-37(2)11-6-12-38(3)17-20-7-9-21(10-8-20)34(40)36-32-24-16-27-26(45-19-46-27)15-23(24)30(31-25(32)18-44-35(31)41)22-13-28(42-4)33(39)29(14-22)43-5;1-25-15-3-9(4-16(26-2)20(15)23)17-10-5-13-14(29-8-28-13)6-11(10)19(22)12-7-27-21(24)18(12)17;1-15(2)9-4-10-16(3)11-12-5-7-13(8-6-12)14(17)18;/h7-10,13-16,25,30-32,39H,6,11-12,17-19H2,1-5H3,(H,36,40);3-6,12,17-19,23H,7-8,22H2,1-2H3;5-8H,4,9-11H2,1-3H3,(H,17,18);1H4/t25-,30+,31-,32+;12-,17+,18-,19+;;/m00../s1/i;;;1D. The molecule has 12 rings (SSSR count). The van der Waals surface area contributed by atoms with E-state index in [0.29, 0.717) is 39.7 Å². The van der Waals surface area contributed by atoms with Crippen molar-refractivity contribution in [2.75, 3.05) is 124 Å². The molecule has 0 unspecified atom stereocenters. The van der Waals surface area contributed by atoms with Crippen molar-refractivity contribution in [1.29, 1.82) is 0 Å². The fourth-order valence-corrected chi connectivity index (χ4v) is 13.4. The predicted molar refractivity (Wildman–Crippen MR) is 350 cm³/mol. The van der Waals surface area contributed by atoms with E-state index in [9.17, 15) is 29.4 Å². The molecule has 0 bridgehead atoms. The summed E-state index contributed by atoms with van der Waals surface area (Å²) in [6.45, 7) is 6.41. The number of hydrogen-bond donors (Lipinski definition) is 5. The number of carboxylic acids is 1. The highest BCUT2D eigenvalue weighted by Crippen LogP contribution is 2.57. The Morgan fingerprint density at radius 2 is 0.915 bits per heavy atom. The minimum absolute atomic E-state index is 0.0763. The van der Waals surface area contributed by atoms with Crippen molar-refractivity contribution < 1.29 is 83.2 Å². The lowest BCUT2D eigenvalue weighted by molar-refractivity contribution is -0.142. The van der Waals surface area contributed by atoms with Gasteiger partial charge in [-0.3, -0.25) is 14.4 Å². The number of esters is 2. The van der Waals surface area contributed by atoms with Crippen LogP contribution in [0.5, 0.6) is 57.5 Å². The van der Waals surface area contributed by atoms with Gasteiger partial charge in [0, 0.05) is 49.7 Å². The van der Waals surface area contributed by atoms with Gasteiger partial charge in [0.15, 0.2) is 46.0 Å². The van der Waals surface area contributed by atoms with Crippen molar-refractivity contribution in [1.82, 2.24) is 24.9 Å². The van der Waals surface area contributed by atoms with Crippen LogP contribution < -0.4 is 48.9 Å². The van der Waals surface area contributed by atoms with Gasteiger partial charge in [-0.05, 0) is 199 Å². The van der Waals surface area contributed by atoms with E-state index in [1.807, 2.05) is 60.7 Å². The van der Waals surface area contributed by atoms with Gasteiger partial charge in [-0.2, -0.15) is 0 Å². The monoisotopic (exact) mass is 1300 g/mol. The molecule has 23 heteroatoms. The highest BCUT2D eigenvalue weighted by molar-refractivity contribution is 5.95. The summed E-state index contributed by atoms with van der Waals surface area (Å²) >= 11 is 0. The molecule has 0 spiro atoms. The molecule has 4 aliphatic heterocycles. The van der Waals surface area contributed by atoms with Crippen molar-refractivity contribution >= 4 is 23.8 Å². The molecule has 0 aromatic heterocycles. The van der Waals surface area contributed by atoms with Crippen molar-refractivity contribution in [3.8, 4) is 57.5 Å². The van der Waals surface area contributed by atoms with Crippen LogP contribution in [0.4, 0.5) is 0 Å². The summed E-state index contributed by atoms with van der Waals surface area (Å²) in [4.78, 5) is 59.5. The van der Waals surface area contributed by atoms with Crippen LogP contribution in [0.1, 0.15) is 111 Å². The average molecular weight is 1300 g/mol. The maximum atomic E-state index is 13.8. The number of phenolic OH excluding ortho intramolecular Hbond substituents is 2. The fourth-order valence-electron chi connectivity index (χ4n) is 13.4. The number of aromatic carboxylic acids is 1. The van der Waals surface area contributed by atoms with E-state index in [4.69, 9.17) is 59.6 Å². The normalized spacial score (nSPS) is 20.7. The number of aromatic hydroxyl groups is 2. The van der Waals surface area contributed by atoms with E-state index in [1.165, 1.54) is 35.8 Å². The third-order valence-corrected chi connectivity index (χ3v) is 18.1. The summed E-state index contributed by atoms with van der Waals surface area (Å²) in [5.74, 6) is -1.12. The zero-order valence-electron chi connectivity index (χ0n) is 56.3. The minimum atomic E-state index is -0.874. The highest BCUT2D eigenvalue weighted by atomic mass is 16.7. The number of methoxy groups -OCH3 is 4. The van der Waals surface area contributed by atoms with Crippen LogP contribution >= 0.6 is 0 Å². The molecule has 1 amide bonds. The van der Waals surface area contributed by atoms with Crippen LogP contribution in [0, 0.1) is 23.7 Å². The van der Waals surface area contributed by atoms with Crippen LogP contribution in [0.15, 0.2) is 97.1 Å². The highest BCUT2D eigenvalue weighted by Gasteiger charge is 2.54. The van der Waals surface area contributed by atoms with E-state index in [1.54, 1.807) is 36.4 Å². The minimum Gasteiger partial charge on any atom is -0.502 e. The molecule has 0 saturated carbocycles. The van der Waals surface area contributed by atoms with Gasteiger partial charge in [0.25, 0.3) is 5.91 Å². The third kappa shape index (κ3) is 15.0. The van der Waals surface area contributed by atoms with Gasteiger partial charge < -0.3 is 93.3 Å². The van der Waals surface area contributed by atoms with E-state index >= 15 is 0 Å². The van der Waals surface area contributed by atoms with Gasteiger partial charge in [-0.25, -0.2) is 4.79 Å². The third-order valence-electron chi connectivity index (χ3n) is 18.1. The molecule has 2 saturated heterocycles. The van der Waals surface area contributed by atoms with E-state index in [-0.39, 0.29) is 103 Å². The first-order chi connectivity index (χ1) is 45.7. The molecule has 504 valence electrons. The van der Waals surface area contributed by atoms with Crippen LogP contribution in [-0.2, 0) is 32.2 Å². The van der Waals surface area contributed by atoms with E-state index in [2.05, 4.69) is 67.2 Å². The van der Waals surface area contributed by atoms with Crippen molar-refractivity contribution in [2.24, 2.45) is 29.4 Å². The largest absolute Gasteiger partial charge is 0.502 e. The Morgan fingerprint density at radius 3 is 1.32 bits per heavy atom. The lowest BCUT2D eigenvalue weighted by atomic mass is 9.65. The fraction of sp³-hybridized carbons (Fsp3) is 0.437. The Kier molecular flexibility index (Phi) is 21.9. The zero-order chi connectivity index (χ0) is 68.4. The number of carbonyl (C=O) groups is 4. The zero-order valence-corrected chi connectivity index (χ0v) is 55.3. The summed E-state index contributed by atoms with van der Waals surface area (Å²) in [5, 5.41) is 33.0. The Hall–Kier alpha value is -9.00. The molecule has 6 aromatic rings. The molecule has 6 aromatic carbocycles. The number of cyclic esters (lactones) is 2. The van der Waals surface area contributed by atoms with Gasteiger partial charge in [-0.1, -0.05) is 31.7 Å². The summed E-state index contributed by atoms with van der Waals surface area (Å²) in [6, 6.07) is 28.2. The molecule has 4 heterocycles. The lowest BCUT2D eigenvalue weighted by Gasteiger charge is -2.39. The Balaban J connectivity index is 0.000000184. The Morgan fingerprint density at radius 1 is 0.543 bits per heavy atom.